The van der Waals surface area contributed by atoms with Crippen molar-refractivity contribution in [1.82, 2.24) is 9.88 Å². The molecule has 0 radical (unpaired) electrons. The summed E-state index contributed by atoms with van der Waals surface area (Å²) in [5, 5.41) is 4.40. The van der Waals surface area contributed by atoms with Gasteiger partial charge in [0, 0.05) is 31.2 Å². The fourth-order valence-electron chi connectivity index (χ4n) is 2.29. The van der Waals surface area contributed by atoms with Gasteiger partial charge in [-0.25, -0.2) is 0 Å². The van der Waals surface area contributed by atoms with E-state index in [9.17, 15) is 0 Å². The second-order valence-corrected chi connectivity index (χ2v) is 5.95. The predicted molar refractivity (Wildman–Crippen MR) is 80.1 cm³/mol. The van der Waals surface area contributed by atoms with Crippen molar-refractivity contribution in [3.8, 4) is 0 Å². The monoisotopic (exact) mass is 273 g/mol. The van der Waals surface area contributed by atoms with E-state index < -0.39 is 0 Å². The molecule has 0 amide bonds. The summed E-state index contributed by atoms with van der Waals surface area (Å²) in [6, 6.07) is 6.98. The number of hydrogen-bond acceptors (Lipinski definition) is 4. The molecule has 4 heteroatoms. The molecule has 0 spiro atoms. The summed E-state index contributed by atoms with van der Waals surface area (Å²) < 4.78 is 0. The zero-order valence-corrected chi connectivity index (χ0v) is 11.8. The van der Waals surface area contributed by atoms with Crippen LogP contribution in [0.25, 0.3) is 0 Å². The summed E-state index contributed by atoms with van der Waals surface area (Å²) in [6.07, 6.45) is 5.44. The Labute approximate surface area is 118 Å². The van der Waals surface area contributed by atoms with E-state index in [2.05, 4.69) is 26.7 Å². The lowest BCUT2D eigenvalue weighted by Gasteiger charge is -2.21. The molecular formula is C15H19N3S. The molecule has 100 valence electrons. The van der Waals surface area contributed by atoms with Gasteiger partial charge in [0.2, 0.25) is 0 Å². The Morgan fingerprint density at radius 2 is 2.21 bits per heavy atom. The molecular weight excluding hydrogens is 254 g/mol. The van der Waals surface area contributed by atoms with Gasteiger partial charge in [-0.1, -0.05) is 0 Å². The van der Waals surface area contributed by atoms with Gasteiger partial charge in [-0.05, 0) is 47.4 Å². The van der Waals surface area contributed by atoms with Crippen molar-refractivity contribution in [2.45, 2.75) is 31.8 Å². The normalized spacial score (nSPS) is 15.0. The third-order valence-electron chi connectivity index (χ3n) is 3.53. The summed E-state index contributed by atoms with van der Waals surface area (Å²) >= 11 is 1.78. The Hall–Kier alpha value is -1.39. The largest absolute Gasteiger partial charge is 0.397 e. The van der Waals surface area contributed by atoms with E-state index in [1.165, 1.54) is 18.4 Å². The van der Waals surface area contributed by atoms with Crippen molar-refractivity contribution < 1.29 is 0 Å². The zero-order chi connectivity index (χ0) is 13.1. The van der Waals surface area contributed by atoms with E-state index >= 15 is 0 Å². The molecule has 0 aliphatic heterocycles. The van der Waals surface area contributed by atoms with E-state index in [1.54, 1.807) is 17.5 Å². The predicted octanol–water partition coefficient (Wildman–Crippen LogP) is 2.93. The molecule has 1 aliphatic rings. The smallest absolute Gasteiger partial charge is 0.0501 e. The standard InChI is InChI=1S/C15H19N3S/c16-13-1-2-14(17-9-13)5-7-18(15-3-4-15)10-12-6-8-19-11-12/h1-2,6,8-9,11,15H,3-5,7,10,16H2. The molecule has 0 bridgehead atoms. The molecule has 0 unspecified atom stereocenters. The Balaban J connectivity index is 1.57. The molecule has 0 atom stereocenters. The quantitative estimate of drug-likeness (QED) is 0.880. The van der Waals surface area contributed by atoms with Gasteiger partial charge in [0.25, 0.3) is 0 Å². The lowest BCUT2D eigenvalue weighted by molar-refractivity contribution is 0.257. The molecule has 1 aliphatic carbocycles. The van der Waals surface area contributed by atoms with Crippen molar-refractivity contribution >= 4 is 17.0 Å². The zero-order valence-electron chi connectivity index (χ0n) is 11.0. The average molecular weight is 273 g/mol. The van der Waals surface area contributed by atoms with Crippen LogP contribution in [-0.2, 0) is 13.0 Å². The topological polar surface area (TPSA) is 42.1 Å². The van der Waals surface area contributed by atoms with E-state index in [4.69, 9.17) is 5.73 Å². The van der Waals surface area contributed by atoms with Gasteiger partial charge in [-0.3, -0.25) is 9.88 Å². The summed E-state index contributed by atoms with van der Waals surface area (Å²) in [5.41, 5.74) is 8.96. The fraction of sp³-hybridized carbons (Fsp3) is 0.400. The molecule has 2 N–H and O–H groups in total. The van der Waals surface area contributed by atoms with Crippen LogP contribution in [0.4, 0.5) is 5.69 Å². The lowest BCUT2D eigenvalue weighted by Crippen LogP contribution is -2.27. The van der Waals surface area contributed by atoms with Crippen molar-refractivity contribution in [2.24, 2.45) is 0 Å². The third kappa shape index (κ3) is 3.55. The Morgan fingerprint density at radius 3 is 2.84 bits per heavy atom. The van der Waals surface area contributed by atoms with E-state index in [1.807, 2.05) is 12.1 Å². The van der Waals surface area contributed by atoms with Crippen LogP contribution < -0.4 is 5.73 Å². The minimum Gasteiger partial charge on any atom is -0.397 e. The highest BCUT2D eigenvalue weighted by atomic mass is 32.1. The molecule has 2 aromatic rings. The first kappa shape index (κ1) is 12.6. The van der Waals surface area contributed by atoms with Crippen molar-refractivity contribution in [3.63, 3.8) is 0 Å². The molecule has 19 heavy (non-hydrogen) atoms. The van der Waals surface area contributed by atoms with Gasteiger partial charge < -0.3 is 5.73 Å². The van der Waals surface area contributed by atoms with Crippen LogP contribution in [-0.4, -0.2) is 22.5 Å². The average Bonchev–Trinajstić information content (AvgIpc) is 3.14. The first-order valence-corrected chi connectivity index (χ1v) is 7.71. The molecule has 2 aromatic heterocycles. The summed E-state index contributed by atoms with van der Waals surface area (Å²) in [6.45, 7) is 2.15. The number of nitrogen functional groups attached to an aromatic ring is 1. The maximum Gasteiger partial charge on any atom is 0.0501 e. The number of hydrogen-bond donors (Lipinski definition) is 1. The van der Waals surface area contributed by atoms with Crippen molar-refractivity contribution in [2.75, 3.05) is 12.3 Å². The number of aromatic nitrogens is 1. The van der Waals surface area contributed by atoms with E-state index in [-0.39, 0.29) is 0 Å². The van der Waals surface area contributed by atoms with Crippen LogP contribution in [0.1, 0.15) is 24.1 Å². The summed E-state index contributed by atoms with van der Waals surface area (Å²) in [5.74, 6) is 0. The van der Waals surface area contributed by atoms with Crippen molar-refractivity contribution in [3.05, 3.63) is 46.4 Å². The second kappa shape index (κ2) is 5.72. The van der Waals surface area contributed by atoms with Gasteiger partial charge in [-0.2, -0.15) is 11.3 Å². The van der Waals surface area contributed by atoms with Gasteiger partial charge in [0.05, 0.1) is 11.9 Å². The Bertz CT molecular complexity index is 503. The fourth-order valence-corrected chi connectivity index (χ4v) is 2.95. The van der Waals surface area contributed by atoms with E-state index in [0.29, 0.717) is 0 Å². The molecule has 3 nitrogen and oxygen atoms in total. The van der Waals surface area contributed by atoms with Gasteiger partial charge in [0.1, 0.15) is 0 Å². The third-order valence-corrected chi connectivity index (χ3v) is 4.26. The van der Waals surface area contributed by atoms with Crippen LogP contribution in [0, 0.1) is 0 Å². The van der Waals surface area contributed by atoms with Crippen molar-refractivity contribution in [1.29, 1.82) is 0 Å². The summed E-state index contributed by atoms with van der Waals surface area (Å²) in [4.78, 5) is 6.96. The van der Waals surface area contributed by atoms with Crippen LogP contribution in [0.5, 0.6) is 0 Å². The molecule has 0 aromatic carbocycles. The SMILES string of the molecule is Nc1ccc(CCN(Cc2ccsc2)C2CC2)nc1. The highest BCUT2D eigenvalue weighted by Gasteiger charge is 2.28. The summed E-state index contributed by atoms with van der Waals surface area (Å²) in [7, 11) is 0. The van der Waals surface area contributed by atoms with Crippen LogP contribution >= 0.6 is 11.3 Å². The maximum absolute atomic E-state index is 5.66. The van der Waals surface area contributed by atoms with Crippen LogP contribution in [0.15, 0.2) is 35.2 Å². The number of thiophene rings is 1. The van der Waals surface area contributed by atoms with Gasteiger partial charge in [-0.15, -0.1) is 0 Å². The van der Waals surface area contributed by atoms with Gasteiger partial charge >= 0.3 is 0 Å². The van der Waals surface area contributed by atoms with Crippen LogP contribution in [0.3, 0.4) is 0 Å². The number of pyridine rings is 1. The van der Waals surface area contributed by atoms with Crippen LogP contribution in [0.2, 0.25) is 0 Å². The molecule has 1 fully saturated rings. The number of anilines is 1. The molecule has 3 rings (SSSR count). The minimum atomic E-state index is 0.737. The second-order valence-electron chi connectivity index (χ2n) is 5.17. The lowest BCUT2D eigenvalue weighted by atomic mass is 10.2. The number of nitrogens with two attached hydrogens (primary N) is 1. The molecule has 0 saturated heterocycles. The number of nitrogens with zero attached hydrogens (tertiary/aromatic N) is 2. The first-order valence-electron chi connectivity index (χ1n) is 6.77. The van der Waals surface area contributed by atoms with Gasteiger partial charge in [0.15, 0.2) is 0 Å². The number of rotatable bonds is 6. The van der Waals surface area contributed by atoms with E-state index in [0.717, 1.165) is 36.9 Å². The first-order chi connectivity index (χ1) is 9.31. The maximum atomic E-state index is 5.66. The Kier molecular flexibility index (Phi) is 3.80. The minimum absolute atomic E-state index is 0.737. The molecule has 2 heterocycles. The highest BCUT2D eigenvalue weighted by Crippen LogP contribution is 2.28. The molecule has 1 saturated carbocycles. The highest BCUT2D eigenvalue weighted by molar-refractivity contribution is 7.07. The Morgan fingerprint density at radius 1 is 1.32 bits per heavy atom.